The van der Waals surface area contributed by atoms with Crippen molar-refractivity contribution in [2.75, 3.05) is 0 Å². The first kappa shape index (κ1) is 19.1. The predicted molar refractivity (Wildman–Crippen MR) is 147 cm³/mol. The van der Waals surface area contributed by atoms with Crippen molar-refractivity contribution < 1.29 is 0 Å². The van der Waals surface area contributed by atoms with Crippen LogP contribution in [0, 0.1) is 0 Å². The minimum Gasteiger partial charge on any atom is -0.309 e. The van der Waals surface area contributed by atoms with Crippen LogP contribution in [0.4, 0.5) is 0 Å². The first-order valence-corrected chi connectivity index (χ1v) is 12.6. The molecule has 0 aliphatic rings. The van der Waals surface area contributed by atoms with Crippen LogP contribution in [0.25, 0.3) is 58.8 Å². The summed E-state index contributed by atoms with van der Waals surface area (Å²) in [7, 11) is 0. The van der Waals surface area contributed by atoms with Crippen LogP contribution >= 0.6 is 27.3 Å². The molecule has 0 aliphatic carbocycles. The van der Waals surface area contributed by atoms with Crippen LogP contribution < -0.4 is 0 Å². The summed E-state index contributed by atoms with van der Waals surface area (Å²) >= 11 is 5.68. The van der Waals surface area contributed by atoms with Gasteiger partial charge in [-0.15, -0.1) is 11.3 Å². The molecule has 0 atom stereocenters. The van der Waals surface area contributed by atoms with E-state index in [4.69, 9.17) is 0 Å². The maximum Gasteiger partial charge on any atom is 0.0541 e. The third-order valence-electron chi connectivity index (χ3n) is 6.43. The highest BCUT2D eigenvalue weighted by atomic mass is 79.9. The van der Waals surface area contributed by atoms with E-state index in [1.165, 1.54) is 53.1 Å². The van der Waals surface area contributed by atoms with E-state index in [1.54, 1.807) is 0 Å². The molecule has 0 radical (unpaired) electrons. The number of rotatable bonds is 2. The standard InChI is InChI=1S/C30H18BrNS/c31-20-16-19(22-11-7-15-29-30(22)25-10-3-6-14-28(25)33-29)17-21(18-20)32-26-12-4-1-8-23(26)24-9-2-5-13-27(24)32/h1-18H. The Morgan fingerprint density at radius 3 is 1.97 bits per heavy atom. The highest BCUT2D eigenvalue weighted by Crippen LogP contribution is 2.41. The molecule has 2 heterocycles. The molecule has 2 aromatic heterocycles. The summed E-state index contributed by atoms with van der Waals surface area (Å²) in [5.74, 6) is 0. The first-order chi connectivity index (χ1) is 16.3. The Kier molecular flexibility index (Phi) is 4.23. The molecule has 3 heteroatoms. The number of thiophene rings is 1. The topological polar surface area (TPSA) is 4.93 Å². The molecule has 5 aromatic carbocycles. The fourth-order valence-corrected chi connectivity index (χ4v) is 6.69. The molecule has 0 unspecified atom stereocenters. The minimum atomic E-state index is 1.08. The maximum atomic E-state index is 3.82. The van der Waals surface area contributed by atoms with Crippen LogP contribution in [-0.2, 0) is 0 Å². The average Bonchev–Trinajstić information content (AvgIpc) is 3.39. The van der Waals surface area contributed by atoms with Gasteiger partial charge in [0, 0.05) is 41.1 Å². The van der Waals surface area contributed by atoms with Crippen LogP contribution in [0.2, 0.25) is 0 Å². The van der Waals surface area contributed by atoms with Gasteiger partial charge in [-0.05, 0) is 53.6 Å². The van der Waals surface area contributed by atoms with Gasteiger partial charge in [-0.25, -0.2) is 0 Å². The summed E-state index contributed by atoms with van der Waals surface area (Å²) in [6.45, 7) is 0. The first-order valence-electron chi connectivity index (χ1n) is 11.0. The second-order valence-corrected chi connectivity index (χ2v) is 10.3. The second kappa shape index (κ2) is 7.31. The van der Waals surface area contributed by atoms with E-state index in [9.17, 15) is 0 Å². The fraction of sp³-hybridized carbons (Fsp3) is 0. The van der Waals surface area contributed by atoms with Crippen molar-refractivity contribution in [1.82, 2.24) is 4.57 Å². The lowest BCUT2D eigenvalue weighted by Gasteiger charge is -2.12. The normalized spacial score (nSPS) is 11.8. The molecule has 0 amide bonds. The van der Waals surface area contributed by atoms with Crippen molar-refractivity contribution in [3.8, 4) is 16.8 Å². The second-order valence-electron chi connectivity index (χ2n) is 8.34. The number of para-hydroxylation sites is 2. The highest BCUT2D eigenvalue weighted by molar-refractivity contribution is 9.10. The molecule has 7 rings (SSSR count). The summed E-state index contributed by atoms with van der Waals surface area (Å²) in [6, 6.07) is 39.5. The summed E-state index contributed by atoms with van der Waals surface area (Å²) in [6.07, 6.45) is 0. The van der Waals surface area contributed by atoms with Crippen LogP contribution in [0.15, 0.2) is 114 Å². The van der Waals surface area contributed by atoms with Gasteiger partial charge in [0.25, 0.3) is 0 Å². The van der Waals surface area contributed by atoms with Gasteiger partial charge < -0.3 is 4.57 Å². The van der Waals surface area contributed by atoms with Gasteiger partial charge in [0.05, 0.1) is 11.0 Å². The lowest BCUT2D eigenvalue weighted by atomic mass is 9.99. The molecular formula is C30H18BrNS. The predicted octanol–water partition coefficient (Wildman–Crippen LogP) is 9.58. The molecule has 7 aromatic rings. The van der Waals surface area contributed by atoms with E-state index in [-0.39, 0.29) is 0 Å². The van der Waals surface area contributed by atoms with Crippen molar-refractivity contribution in [2.24, 2.45) is 0 Å². The molecule has 156 valence electrons. The molecule has 0 fully saturated rings. The van der Waals surface area contributed by atoms with Crippen molar-refractivity contribution in [3.05, 3.63) is 114 Å². The number of fused-ring (bicyclic) bond motifs is 6. The summed E-state index contributed by atoms with van der Waals surface area (Å²) in [4.78, 5) is 0. The number of halogens is 1. The van der Waals surface area contributed by atoms with Gasteiger partial charge in [-0.3, -0.25) is 0 Å². The summed E-state index contributed by atoms with van der Waals surface area (Å²) < 4.78 is 6.11. The quantitative estimate of drug-likeness (QED) is 0.221. The molecule has 1 nitrogen and oxygen atoms in total. The zero-order valence-corrected chi connectivity index (χ0v) is 20.0. The summed E-state index contributed by atoms with van der Waals surface area (Å²) in [5.41, 5.74) is 6.10. The Balaban J connectivity index is 1.55. The van der Waals surface area contributed by atoms with Crippen molar-refractivity contribution in [1.29, 1.82) is 0 Å². The maximum absolute atomic E-state index is 3.82. The van der Waals surface area contributed by atoms with Gasteiger partial charge in [0.2, 0.25) is 0 Å². The number of hydrogen-bond donors (Lipinski definition) is 0. The number of nitrogens with zero attached hydrogens (tertiary/aromatic N) is 1. The monoisotopic (exact) mass is 503 g/mol. The smallest absolute Gasteiger partial charge is 0.0541 e. The van der Waals surface area contributed by atoms with Gasteiger partial charge in [-0.1, -0.05) is 82.7 Å². The average molecular weight is 504 g/mol. The van der Waals surface area contributed by atoms with Crippen molar-refractivity contribution in [3.63, 3.8) is 0 Å². The molecule has 0 spiro atoms. The van der Waals surface area contributed by atoms with E-state index in [1.807, 2.05) is 11.3 Å². The minimum absolute atomic E-state index is 1.08. The molecule has 0 saturated carbocycles. The van der Waals surface area contributed by atoms with E-state index >= 15 is 0 Å². The van der Waals surface area contributed by atoms with Gasteiger partial charge >= 0.3 is 0 Å². The summed E-state index contributed by atoms with van der Waals surface area (Å²) in [5, 5.41) is 5.22. The Labute approximate surface area is 203 Å². The lowest BCUT2D eigenvalue weighted by Crippen LogP contribution is -1.95. The van der Waals surface area contributed by atoms with Crippen LogP contribution in [0.5, 0.6) is 0 Å². The van der Waals surface area contributed by atoms with E-state index in [0.29, 0.717) is 0 Å². The van der Waals surface area contributed by atoms with Crippen LogP contribution in [0.1, 0.15) is 0 Å². The molecule has 0 aliphatic heterocycles. The van der Waals surface area contributed by atoms with Crippen molar-refractivity contribution >= 4 is 69.2 Å². The van der Waals surface area contributed by atoms with Gasteiger partial charge in [0.1, 0.15) is 0 Å². The van der Waals surface area contributed by atoms with Gasteiger partial charge in [0.15, 0.2) is 0 Å². The largest absolute Gasteiger partial charge is 0.309 e. The molecular weight excluding hydrogens is 486 g/mol. The Morgan fingerprint density at radius 1 is 0.576 bits per heavy atom. The third kappa shape index (κ3) is 2.90. The van der Waals surface area contributed by atoms with Crippen LogP contribution in [-0.4, -0.2) is 4.57 Å². The van der Waals surface area contributed by atoms with Crippen LogP contribution in [0.3, 0.4) is 0 Å². The molecule has 0 bridgehead atoms. The Morgan fingerprint density at radius 2 is 1.21 bits per heavy atom. The molecule has 33 heavy (non-hydrogen) atoms. The SMILES string of the molecule is Brc1cc(-c2cccc3sc4ccccc4c23)cc(-n2c3ccccc3c3ccccc32)c1. The third-order valence-corrected chi connectivity index (χ3v) is 8.03. The Bertz CT molecular complexity index is 1790. The zero-order valence-electron chi connectivity index (χ0n) is 17.6. The number of hydrogen-bond acceptors (Lipinski definition) is 1. The fourth-order valence-electron chi connectivity index (χ4n) is 5.07. The zero-order chi connectivity index (χ0) is 21.9. The number of benzene rings is 5. The molecule has 0 N–H and O–H groups in total. The Hall–Kier alpha value is -3.40. The van der Waals surface area contributed by atoms with E-state index in [0.717, 1.165) is 10.2 Å². The van der Waals surface area contributed by atoms with E-state index < -0.39 is 0 Å². The highest BCUT2D eigenvalue weighted by Gasteiger charge is 2.15. The van der Waals surface area contributed by atoms with E-state index in [2.05, 4.69) is 130 Å². The number of aromatic nitrogens is 1. The lowest BCUT2D eigenvalue weighted by molar-refractivity contribution is 1.18. The van der Waals surface area contributed by atoms with Gasteiger partial charge in [-0.2, -0.15) is 0 Å². The van der Waals surface area contributed by atoms with Crippen molar-refractivity contribution in [2.45, 2.75) is 0 Å². The molecule has 0 saturated heterocycles.